The van der Waals surface area contributed by atoms with Crippen molar-refractivity contribution in [3.8, 4) is 0 Å². The summed E-state index contributed by atoms with van der Waals surface area (Å²) < 4.78 is 0. The molecule has 0 aromatic carbocycles. The third-order valence-corrected chi connectivity index (χ3v) is 1.93. The Balaban J connectivity index is 2.49. The van der Waals surface area contributed by atoms with Crippen molar-refractivity contribution in [1.29, 1.82) is 0 Å². The lowest BCUT2D eigenvalue weighted by Crippen LogP contribution is -2.38. The van der Waals surface area contributed by atoms with Gasteiger partial charge in [0.05, 0.1) is 6.04 Å². The first-order valence-corrected chi connectivity index (χ1v) is 3.73. The zero-order valence-corrected chi connectivity index (χ0v) is 6.26. The Kier molecular flexibility index (Phi) is 2.27. The van der Waals surface area contributed by atoms with E-state index in [1.807, 2.05) is 0 Å². The van der Waals surface area contributed by atoms with Gasteiger partial charge in [0.15, 0.2) is 0 Å². The smallest absolute Gasteiger partial charge is 0.236 e. The average molecular weight is 142 g/mol. The van der Waals surface area contributed by atoms with E-state index in [4.69, 9.17) is 5.73 Å². The van der Waals surface area contributed by atoms with Crippen molar-refractivity contribution in [2.24, 2.45) is 11.7 Å². The maximum Gasteiger partial charge on any atom is 0.236 e. The van der Waals surface area contributed by atoms with Crippen LogP contribution in [0.4, 0.5) is 0 Å². The minimum atomic E-state index is -0.280. The molecule has 0 unspecified atom stereocenters. The van der Waals surface area contributed by atoms with Crippen LogP contribution in [0.25, 0.3) is 0 Å². The molecule has 0 aromatic rings. The Labute approximate surface area is 61.0 Å². The predicted octanol–water partition coefficient (Wildman–Crippen LogP) is -0.140. The van der Waals surface area contributed by atoms with E-state index < -0.39 is 0 Å². The summed E-state index contributed by atoms with van der Waals surface area (Å²) in [5, 5.41) is 2.76. The summed E-state index contributed by atoms with van der Waals surface area (Å²) in [6, 6.07) is -0.280. The van der Waals surface area contributed by atoms with Gasteiger partial charge in [-0.1, -0.05) is 6.92 Å². The van der Waals surface area contributed by atoms with E-state index in [9.17, 15) is 4.79 Å². The molecule has 1 fully saturated rings. The molecule has 0 aromatic heterocycles. The Morgan fingerprint density at radius 3 is 3.10 bits per heavy atom. The number of hydrogen-bond acceptors (Lipinski definition) is 2. The van der Waals surface area contributed by atoms with Crippen LogP contribution in [-0.4, -0.2) is 18.5 Å². The van der Waals surface area contributed by atoms with Gasteiger partial charge in [-0.05, 0) is 18.8 Å². The van der Waals surface area contributed by atoms with Crippen molar-refractivity contribution < 1.29 is 4.79 Å². The maximum atomic E-state index is 10.9. The fourth-order valence-corrected chi connectivity index (χ4v) is 1.23. The quantitative estimate of drug-likeness (QED) is 0.494. The Bertz CT molecular complexity index is 136. The zero-order chi connectivity index (χ0) is 7.56. The van der Waals surface area contributed by atoms with Crippen LogP contribution in [0.15, 0.2) is 0 Å². The molecule has 0 radical (unpaired) electrons. The lowest BCUT2D eigenvalue weighted by Gasteiger charge is -2.08. The van der Waals surface area contributed by atoms with Crippen LogP contribution in [-0.2, 0) is 4.79 Å². The van der Waals surface area contributed by atoms with Crippen LogP contribution < -0.4 is 11.1 Å². The molecule has 1 rings (SSSR count). The van der Waals surface area contributed by atoms with E-state index in [2.05, 4.69) is 12.2 Å². The van der Waals surface area contributed by atoms with Crippen LogP contribution in [0.1, 0.15) is 19.8 Å². The van der Waals surface area contributed by atoms with Gasteiger partial charge in [-0.25, -0.2) is 0 Å². The van der Waals surface area contributed by atoms with E-state index in [0.717, 1.165) is 19.4 Å². The highest BCUT2D eigenvalue weighted by Gasteiger charge is 2.19. The fraction of sp³-hybridized carbons (Fsp3) is 0.857. The molecule has 1 heterocycles. The lowest BCUT2D eigenvalue weighted by atomic mass is 10.0. The highest BCUT2D eigenvalue weighted by Crippen LogP contribution is 2.11. The van der Waals surface area contributed by atoms with E-state index in [1.54, 1.807) is 0 Å². The van der Waals surface area contributed by atoms with Crippen molar-refractivity contribution in [2.75, 3.05) is 6.54 Å². The molecule has 58 valence electrons. The largest absolute Gasteiger partial charge is 0.355 e. The van der Waals surface area contributed by atoms with Crippen LogP contribution in [0.2, 0.25) is 0 Å². The van der Waals surface area contributed by atoms with Crippen LogP contribution in [0.5, 0.6) is 0 Å². The van der Waals surface area contributed by atoms with Gasteiger partial charge >= 0.3 is 0 Å². The summed E-state index contributed by atoms with van der Waals surface area (Å²) >= 11 is 0. The second kappa shape index (κ2) is 3.01. The molecule has 0 spiro atoms. The van der Waals surface area contributed by atoms with Crippen LogP contribution >= 0.6 is 0 Å². The number of nitrogens with one attached hydrogen (secondary N) is 1. The average Bonchev–Trinajstić information content (AvgIpc) is 1.96. The normalized spacial score (nSPS) is 34.8. The van der Waals surface area contributed by atoms with E-state index >= 15 is 0 Å². The lowest BCUT2D eigenvalue weighted by molar-refractivity contribution is -0.122. The fourth-order valence-electron chi connectivity index (χ4n) is 1.23. The summed E-state index contributed by atoms with van der Waals surface area (Å²) in [5.41, 5.74) is 5.56. The number of carbonyl (C=O) groups is 1. The van der Waals surface area contributed by atoms with Gasteiger partial charge in [-0.15, -0.1) is 0 Å². The predicted molar refractivity (Wildman–Crippen MR) is 39.4 cm³/mol. The number of rotatable bonds is 0. The molecule has 0 saturated carbocycles. The second-order valence-electron chi connectivity index (χ2n) is 3.03. The summed E-state index contributed by atoms with van der Waals surface area (Å²) in [6.45, 7) is 2.91. The van der Waals surface area contributed by atoms with Gasteiger partial charge in [-0.2, -0.15) is 0 Å². The summed E-state index contributed by atoms with van der Waals surface area (Å²) in [7, 11) is 0. The SMILES string of the molecule is C[C@@H]1CCNC(=O)[C@H](N)C1. The molecule has 1 aliphatic heterocycles. The van der Waals surface area contributed by atoms with Crippen molar-refractivity contribution in [3.63, 3.8) is 0 Å². The highest BCUT2D eigenvalue weighted by molar-refractivity contribution is 5.81. The van der Waals surface area contributed by atoms with Crippen LogP contribution in [0, 0.1) is 5.92 Å². The van der Waals surface area contributed by atoms with Gasteiger partial charge in [0, 0.05) is 6.54 Å². The van der Waals surface area contributed by atoms with Crippen LogP contribution in [0.3, 0.4) is 0 Å². The number of amides is 1. The molecule has 1 amide bonds. The zero-order valence-electron chi connectivity index (χ0n) is 6.26. The first-order chi connectivity index (χ1) is 4.70. The topological polar surface area (TPSA) is 55.1 Å². The molecule has 10 heavy (non-hydrogen) atoms. The van der Waals surface area contributed by atoms with Gasteiger partial charge in [0.25, 0.3) is 0 Å². The molecular formula is C7H14N2O. The third kappa shape index (κ3) is 1.70. The van der Waals surface area contributed by atoms with Crippen molar-refractivity contribution in [2.45, 2.75) is 25.8 Å². The van der Waals surface area contributed by atoms with Gasteiger partial charge in [-0.3, -0.25) is 4.79 Å². The Hall–Kier alpha value is -0.570. The number of hydrogen-bond donors (Lipinski definition) is 2. The Morgan fingerprint density at radius 1 is 1.70 bits per heavy atom. The second-order valence-corrected chi connectivity index (χ2v) is 3.03. The van der Waals surface area contributed by atoms with Crippen molar-refractivity contribution >= 4 is 5.91 Å². The molecule has 3 N–H and O–H groups in total. The molecule has 1 aliphatic rings. The molecule has 0 aliphatic carbocycles. The molecule has 1 saturated heterocycles. The maximum absolute atomic E-state index is 10.9. The minimum absolute atomic E-state index is 0.00403. The minimum Gasteiger partial charge on any atom is -0.355 e. The summed E-state index contributed by atoms with van der Waals surface area (Å²) in [6.07, 6.45) is 1.88. The third-order valence-electron chi connectivity index (χ3n) is 1.93. The molecule has 2 atom stereocenters. The standard InChI is InChI=1S/C7H14N2O/c1-5-2-3-9-7(10)6(8)4-5/h5-6H,2-4,8H2,1H3,(H,9,10)/t5-,6-/m1/s1. The van der Waals surface area contributed by atoms with Crippen molar-refractivity contribution in [1.82, 2.24) is 5.32 Å². The molecule has 3 heteroatoms. The molecule has 3 nitrogen and oxygen atoms in total. The van der Waals surface area contributed by atoms with Gasteiger partial charge in [0.2, 0.25) is 5.91 Å². The summed E-state index contributed by atoms with van der Waals surface area (Å²) in [4.78, 5) is 10.9. The van der Waals surface area contributed by atoms with Gasteiger partial charge in [0.1, 0.15) is 0 Å². The Morgan fingerprint density at radius 2 is 2.40 bits per heavy atom. The monoisotopic (exact) mass is 142 g/mol. The van der Waals surface area contributed by atoms with E-state index in [1.165, 1.54) is 0 Å². The van der Waals surface area contributed by atoms with Gasteiger partial charge < -0.3 is 11.1 Å². The highest BCUT2D eigenvalue weighted by atomic mass is 16.2. The molecular weight excluding hydrogens is 128 g/mol. The van der Waals surface area contributed by atoms with Crippen molar-refractivity contribution in [3.05, 3.63) is 0 Å². The number of nitrogens with two attached hydrogens (primary N) is 1. The van der Waals surface area contributed by atoms with E-state index in [0.29, 0.717) is 5.92 Å². The first-order valence-electron chi connectivity index (χ1n) is 3.73. The molecule has 0 bridgehead atoms. The number of carbonyl (C=O) groups excluding carboxylic acids is 1. The van der Waals surface area contributed by atoms with E-state index in [-0.39, 0.29) is 11.9 Å². The summed E-state index contributed by atoms with van der Waals surface area (Å²) in [5.74, 6) is 0.582. The first kappa shape index (κ1) is 7.54.